The van der Waals surface area contributed by atoms with Crippen LogP contribution in [0.15, 0.2) is 48.5 Å². The maximum Gasteiger partial charge on any atom is 0.267 e. The summed E-state index contributed by atoms with van der Waals surface area (Å²) in [4.78, 5) is 13.1. The Labute approximate surface area is 179 Å². The van der Waals surface area contributed by atoms with Crippen molar-refractivity contribution in [1.82, 2.24) is 0 Å². The summed E-state index contributed by atoms with van der Waals surface area (Å²) >= 11 is 6.03. The molecule has 0 saturated heterocycles. The van der Waals surface area contributed by atoms with Crippen LogP contribution >= 0.6 is 11.6 Å². The predicted octanol–water partition coefficient (Wildman–Crippen LogP) is 3.76. The highest BCUT2D eigenvalue weighted by atomic mass is 35.5. The minimum absolute atomic E-state index is 0.126. The van der Waals surface area contributed by atoms with Crippen molar-refractivity contribution < 1.29 is 17.9 Å². The number of benzene rings is 3. The summed E-state index contributed by atoms with van der Waals surface area (Å²) in [7, 11) is -3.62. The molecule has 0 spiro atoms. The van der Waals surface area contributed by atoms with Crippen molar-refractivity contribution >= 4 is 49.7 Å². The Hall–Kier alpha value is -2.77. The molecule has 0 fully saturated rings. The molecule has 5 rings (SSSR count). The molecule has 1 atom stereocenters. The van der Waals surface area contributed by atoms with Crippen molar-refractivity contribution in [3.05, 3.63) is 64.7 Å². The van der Waals surface area contributed by atoms with Gasteiger partial charge in [0.1, 0.15) is 5.75 Å². The number of sulfonamides is 1. The van der Waals surface area contributed by atoms with Crippen LogP contribution in [0.4, 0.5) is 11.4 Å². The van der Waals surface area contributed by atoms with Crippen LogP contribution in [0.5, 0.6) is 5.75 Å². The number of fused-ring (bicyclic) bond motifs is 1. The lowest BCUT2D eigenvalue weighted by atomic mass is 10.0. The lowest BCUT2D eigenvalue weighted by molar-refractivity contribution is -0.122. The first-order valence-electron chi connectivity index (χ1n) is 9.59. The minimum atomic E-state index is -3.62. The largest absolute Gasteiger partial charge is 0.476 e. The normalized spacial score (nSPS) is 17.5. The van der Waals surface area contributed by atoms with E-state index in [9.17, 15) is 13.2 Å². The summed E-state index contributed by atoms with van der Waals surface area (Å²) in [6.45, 7) is -0.126. The Morgan fingerprint density at radius 3 is 2.67 bits per heavy atom. The van der Waals surface area contributed by atoms with E-state index in [0.717, 1.165) is 28.8 Å². The molecule has 1 N–H and O–H groups in total. The van der Waals surface area contributed by atoms with Crippen LogP contribution < -0.4 is 14.4 Å². The van der Waals surface area contributed by atoms with Gasteiger partial charge >= 0.3 is 0 Å². The molecule has 3 aromatic carbocycles. The van der Waals surface area contributed by atoms with E-state index in [2.05, 4.69) is 11.4 Å². The van der Waals surface area contributed by atoms with E-state index in [0.29, 0.717) is 22.1 Å². The number of anilines is 2. The van der Waals surface area contributed by atoms with Crippen LogP contribution in [0.1, 0.15) is 11.1 Å². The average molecular weight is 443 g/mol. The van der Waals surface area contributed by atoms with Gasteiger partial charge < -0.3 is 10.1 Å². The van der Waals surface area contributed by atoms with E-state index in [4.69, 9.17) is 16.3 Å². The third kappa shape index (κ3) is 3.18. The highest BCUT2D eigenvalue weighted by molar-refractivity contribution is 7.92. The molecule has 1 aliphatic heterocycles. The molecule has 3 aromatic rings. The van der Waals surface area contributed by atoms with Crippen molar-refractivity contribution in [2.45, 2.75) is 18.9 Å². The topological polar surface area (TPSA) is 75.7 Å². The number of nitrogens with zero attached hydrogens (tertiary/aromatic N) is 1. The fraction of sp³-hybridized carbons (Fsp3) is 0.227. The number of amides is 1. The maximum atomic E-state index is 13.1. The Bertz CT molecular complexity index is 1300. The highest BCUT2D eigenvalue weighted by Gasteiger charge is 2.35. The fourth-order valence-electron chi connectivity index (χ4n) is 4.24. The Morgan fingerprint density at radius 2 is 1.90 bits per heavy atom. The van der Waals surface area contributed by atoms with Crippen molar-refractivity contribution in [2.75, 3.05) is 22.4 Å². The first kappa shape index (κ1) is 19.2. The number of nitrogens with one attached hydrogen (secondary N) is 1. The zero-order valence-corrected chi connectivity index (χ0v) is 17.8. The summed E-state index contributed by atoms with van der Waals surface area (Å²) in [5, 5.41) is 5.51. The van der Waals surface area contributed by atoms with E-state index >= 15 is 0 Å². The summed E-state index contributed by atoms with van der Waals surface area (Å²) < 4.78 is 31.7. The first-order chi connectivity index (χ1) is 14.3. The second kappa shape index (κ2) is 6.89. The van der Waals surface area contributed by atoms with Crippen LogP contribution in [-0.4, -0.2) is 33.2 Å². The zero-order chi connectivity index (χ0) is 21.0. The predicted molar refractivity (Wildman–Crippen MR) is 118 cm³/mol. The molecule has 8 heteroatoms. The molecule has 1 amide bonds. The number of ether oxygens (including phenoxy) is 1. The van der Waals surface area contributed by atoms with Gasteiger partial charge in [0.2, 0.25) is 10.0 Å². The third-order valence-electron chi connectivity index (χ3n) is 5.62. The smallest absolute Gasteiger partial charge is 0.267 e. The van der Waals surface area contributed by atoms with E-state index in [-0.39, 0.29) is 6.54 Å². The van der Waals surface area contributed by atoms with Gasteiger partial charge in [-0.15, -0.1) is 0 Å². The fourth-order valence-corrected chi connectivity index (χ4v) is 5.32. The van der Waals surface area contributed by atoms with Gasteiger partial charge in [-0.1, -0.05) is 35.9 Å². The number of hydrogen-bond donors (Lipinski definition) is 1. The van der Waals surface area contributed by atoms with Gasteiger partial charge in [-0.25, -0.2) is 8.42 Å². The second-order valence-electron chi connectivity index (χ2n) is 7.61. The van der Waals surface area contributed by atoms with Gasteiger partial charge in [-0.3, -0.25) is 9.10 Å². The number of rotatable bonds is 3. The molecule has 30 heavy (non-hydrogen) atoms. The van der Waals surface area contributed by atoms with Gasteiger partial charge in [-0.05, 0) is 53.6 Å². The summed E-state index contributed by atoms with van der Waals surface area (Å²) in [6, 6.07) is 14.7. The van der Waals surface area contributed by atoms with Gasteiger partial charge in [0.25, 0.3) is 5.91 Å². The molecule has 1 heterocycles. The second-order valence-corrected chi connectivity index (χ2v) is 9.96. The van der Waals surface area contributed by atoms with Crippen LogP contribution in [-0.2, 0) is 27.7 Å². The Balaban J connectivity index is 1.48. The lowest BCUT2D eigenvalue weighted by Gasteiger charge is -2.34. The van der Waals surface area contributed by atoms with Crippen LogP contribution in [0, 0.1) is 0 Å². The van der Waals surface area contributed by atoms with Crippen LogP contribution in [0.25, 0.3) is 10.8 Å². The van der Waals surface area contributed by atoms with Gasteiger partial charge in [0.05, 0.1) is 18.5 Å². The monoisotopic (exact) mass is 442 g/mol. The molecule has 0 bridgehead atoms. The van der Waals surface area contributed by atoms with E-state index in [1.165, 1.54) is 22.6 Å². The Kier molecular flexibility index (Phi) is 4.41. The number of carbonyl (C=O) groups is 1. The lowest BCUT2D eigenvalue weighted by Crippen LogP contribution is -2.48. The highest BCUT2D eigenvalue weighted by Crippen LogP contribution is 2.38. The summed E-state index contributed by atoms with van der Waals surface area (Å²) in [5.41, 5.74) is 3.58. The molecule has 0 saturated carbocycles. The van der Waals surface area contributed by atoms with Crippen molar-refractivity contribution in [2.24, 2.45) is 0 Å². The van der Waals surface area contributed by atoms with Crippen molar-refractivity contribution in [1.29, 1.82) is 0 Å². The van der Waals surface area contributed by atoms with Crippen LogP contribution in [0.3, 0.4) is 0 Å². The van der Waals surface area contributed by atoms with Crippen LogP contribution in [0.2, 0.25) is 5.02 Å². The average Bonchev–Trinajstić information content (AvgIpc) is 3.13. The SMILES string of the molecule is CS(=O)(=O)N1CC(C(=O)Nc2ccc3c4c(cccc24)CC3)Oc2ccc(Cl)cc21. The first-order valence-corrected chi connectivity index (χ1v) is 11.8. The number of aryl methyl sites for hydroxylation is 2. The summed E-state index contributed by atoms with van der Waals surface area (Å²) in [5.74, 6) is -0.0976. The van der Waals surface area contributed by atoms with Gasteiger partial charge in [0.15, 0.2) is 6.10 Å². The standard InChI is InChI=1S/C22H19ClN2O4S/c1-30(27,28)25-12-20(29-19-10-8-15(23)11-18(19)25)22(26)24-17-9-7-14-6-5-13-3-2-4-16(17)21(13)14/h2-4,7-11,20H,5-6,12H2,1H3,(H,24,26). The molecule has 6 nitrogen and oxygen atoms in total. The quantitative estimate of drug-likeness (QED) is 0.670. The number of halogens is 1. The molecule has 154 valence electrons. The minimum Gasteiger partial charge on any atom is -0.476 e. The number of hydrogen-bond acceptors (Lipinski definition) is 4. The molecular formula is C22H19ClN2O4S. The van der Waals surface area contributed by atoms with E-state index in [1.807, 2.05) is 24.3 Å². The molecule has 1 unspecified atom stereocenters. The molecule has 0 radical (unpaired) electrons. The molecule has 0 aromatic heterocycles. The molecular weight excluding hydrogens is 424 g/mol. The van der Waals surface area contributed by atoms with E-state index < -0.39 is 22.0 Å². The van der Waals surface area contributed by atoms with E-state index in [1.54, 1.807) is 12.1 Å². The van der Waals surface area contributed by atoms with Gasteiger partial charge in [0, 0.05) is 16.1 Å². The zero-order valence-electron chi connectivity index (χ0n) is 16.2. The third-order valence-corrected chi connectivity index (χ3v) is 7.00. The number of carbonyl (C=O) groups excluding carboxylic acids is 1. The summed E-state index contributed by atoms with van der Waals surface area (Å²) in [6.07, 6.45) is 2.11. The maximum absolute atomic E-state index is 13.1. The molecule has 1 aliphatic carbocycles. The van der Waals surface area contributed by atoms with Crippen molar-refractivity contribution in [3.63, 3.8) is 0 Å². The van der Waals surface area contributed by atoms with Crippen molar-refractivity contribution in [3.8, 4) is 5.75 Å². The molecule has 2 aliphatic rings. The van der Waals surface area contributed by atoms with Gasteiger partial charge in [-0.2, -0.15) is 0 Å². The Morgan fingerprint density at radius 1 is 1.13 bits per heavy atom.